The SMILES string of the molecule is C.C=C(C)/C=C\C=C(/CCC)CC(=C\CCC)/C1=C/C=C/CC(C)c2ccc(CC[CH2-])cc21.[CH2-]CC.[CH2-]CC(C)CCC(C)C.[K+]. The van der Waals surface area contributed by atoms with E-state index in [2.05, 4.69) is 130 Å². The van der Waals surface area contributed by atoms with Crippen molar-refractivity contribution in [3.63, 3.8) is 0 Å². The number of fused-ring (bicyclic) bond motifs is 1. The molecule has 1 aromatic rings. The van der Waals surface area contributed by atoms with Gasteiger partial charge in [-0.3, -0.25) is 0 Å². The van der Waals surface area contributed by atoms with E-state index in [1.807, 2.05) is 13.8 Å². The van der Waals surface area contributed by atoms with Crippen LogP contribution in [0, 0.1) is 32.6 Å². The molecule has 256 valence electrons. The Labute approximate surface area is 332 Å². The van der Waals surface area contributed by atoms with Gasteiger partial charge in [0.2, 0.25) is 0 Å². The molecule has 0 aliphatic heterocycles. The van der Waals surface area contributed by atoms with E-state index in [4.69, 9.17) is 0 Å². The first-order valence-corrected chi connectivity index (χ1v) is 17.7. The second-order valence-electron chi connectivity index (χ2n) is 13.0. The minimum Gasteiger partial charge on any atom is -0.344 e. The van der Waals surface area contributed by atoms with Crippen molar-refractivity contribution in [3.8, 4) is 0 Å². The summed E-state index contributed by atoms with van der Waals surface area (Å²) in [5.74, 6) is 2.21. The summed E-state index contributed by atoms with van der Waals surface area (Å²) in [6.07, 6.45) is 29.4. The smallest absolute Gasteiger partial charge is 0.344 e. The Morgan fingerprint density at radius 2 is 1.72 bits per heavy atom. The molecule has 0 aromatic heterocycles. The summed E-state index contributed by atoms with van der Waals surface area (Å²) >= 11 is 0. The fraction of sp³-hybridized carbons (Fsp3) is 0.533. The zero-order chi connectivity index (χ0) is 33.3. The average Bonchev–Trinajstić information content (AvgIpc) is 2.98. The van der Waals surface area contributed by atoms with Crippen molar-refractivity contribution in [2.45, 2.75) is 146 Å². The molecule has 0 spiro atoms. The van der Waals surface area contributed by atoms with Gasteiger partial charge in [0.1, 0.15) is 0 Å². The first-order chi connectivity index (χ1) is 21.1. The molecule has 0 nitrogen and oxygen atoms in total. The van der Waals surface area contributed by atoms with E-state index in [-0.39, 0.29) is 58.8 Å². The normalized spacial score (nSPS) is 17.0. The van der Waals surface area contributed by atoms with Gasteiger partial charge >= 0.3 is 51.4 Å². The standard InChI is InChI=1S/C32H43.C9H19.C3H7.CH4.K/c1-7-10-19-29(23-27(14-8-2)18-13-16-25(4)5)31-20-12-11-17-26(6)30-22-21-28(15-9-3)24-32(30)31;1-5-9(4)7-6-8(2)3;1-3-2;;/h11-13,16,18-22,24,26H,3-4,7-10,14-15,17,23H2,1-2,5-6H3;8-9H,1,5-7H2,2-4H3;1,3H2,2H3;1H4;/q3*-1;;+1/b12-11+,16-13-,27-18+,29-19+,31-20-;;;;. The van der Waals surface area contributed by atoms with Crippen molar-refractivity contribution >= 4 is 5.57 Å². The average molecular weight is 653 g/mol. The molecule has 2 atom stereocenters. The zero-order valence-electron chi connectivity index (χ0n) is 31.3. The maximum Gasteiger partial charge on any atom is 1.00 e. The molecular weight excluding hydrogens is 580 g/mol. The third-order valence-corrected chi connectivity index (χ3v) is 7.75. The van der Waals surface area contributed by atoms with Gasteiger partial charge in [-0.1, -0.05) is 172 Å². The quantitative estimate of drug-likeness (QED) is 0.100. The van der Waals surface area contributed by atoms with Gasteiger partial charge in [-0.25, -0.2) is 0 Å². The molecule has 1 aromatic carbocycles. The van der Waals surface area contributed by atoms with Crippen LogP contribution in [0.3, 0.4) is 0 Å². The second-order valence-corrected chi connectivity index (χ2v) is 13.0. The number of hydrogen-bond acceptors (Lipinski definition) is 0. The van der Waals surface area contributed by atoms with Crippen molar-refractivity contribution in [2.75, 3.05) is 0 Å². The number of benzene rings is 1. The molecule has 46 heavy (non-hydrogen) atoms. The van der Waals surface area contributed by atoms with Crippen LogP contribution in [0.15, 0.2) is 84.0 Å². The van der Waals surface area contributed by atoms with Crippen molar-refractivity contribution in [1.29, 1.82) is 0 Å². The summed E-state index contributed by atoms with van der Waals surface area (Å²) < 4.78 is 0. The predicted octanol–water partition coefficient (Wildman–Crippen LogP) is 12.0. The molecule has 0 bridgehead atoms. The van der Waals surface area contributed by atoms with Crippen LogP contribution in [0.2, 0.25) is 0 Å². The number of aryl methyl sites for hydroxylation is 1. The van der Waals surface area contributed by atoms with E-state index >= 15 is 0 Å². The number of unbranched alkanes of at least 4 members (excludes halogenated alkanes) is 1. The Hall–Kier alpha value is -0.704. The van der Waals surface area contributed by atoms with Crippen LogP contribution < -0.4 is 51.4 Å². The van der Waals surface area contributed by atoms with Crippen LogP contribution in [-0.2, 0) is 6.42 Å². The third kappa shape index (κ3) is 22.8. The van der Waals surface area contributed by atoms with Gasteiger partial charge in [-0.2, -0.15) is 19.3 Å². The van der Waals surface area contributed by atoms with E-state index in [9.17, 15) is 0 Å². The van der Waals surface area contributed by atoms with Gasteiger partial charge < -0.3 is 20.8 Å². The summed E-state index contributed by atoms with van der Waals surface area (Å²) in [4.78, 5) is 0. The zero-order valence-corrected chi connectivity index (χ0v) is 34.4. The molecule has 2 rings (SSSR count). The number of hydrogen-bond donors (Lipinski definition) is 0. The van der Waals surface area contributed by atoms with Crippen molar-refractivity contribution in [3.05, 3.63) is 121 Å². The van der Waals surface area contributed by atoms with Crippen LogP contribution in [0.4, 0.5) is 0 Å². The Morgan fingerprint density at radius 3 is 2.26 bits per heavy atom. The van der Waals surface area contributed by atoms with Crippen molar-refractivity contribution in [2.24, 2.45) is 11.8 Å². The van der Waals surface area contributed by atoms with Crippen molar-refractivity contribution < 1.29 is 51.4 Å². The molecular formula is C45H73K-2. The molecule has 1 heteroatoms. The van der Waals surface area contributed by atoms with Gasteiger partial charge in [0.05, 0.1) is 0 Å². The van der Waals surface area contributed by atoms with Crippen molar-refractivity contribution in [1.82, 2.24) is 0 Å². The second kappa shape index (κ2) is 31.6. The third-order valence-electron chi connectivity index (χ3n) is 7.75. The summed E-state index contributed by atoms with van der Waals surface area (Å²) in [6.45, 7) is 33.2. The molecule has 0 saturated heterocycles. The Kier molecular flexibility index (Phi) is 34.1. The molecule has 0 heterocycles. The summed E-state index contributed by atoms with van der Waals surface area (Å²) in [7, 11) is 0. The van der Waals surface area contributed by atoms with Crippen LogP contribution in [0.1, 0.15) is 156 Å². The number of rotatable bonds is 15. The fourth-order valence-corrected chi connectivity index (χ4v) is 5.07. The maximum absolute atomic E-state index is 4.08. The van der Waals surface area contributed by atoms with Crippen LogP contribution in [-0.4, -0.2) is 0 Å². The van der Waals surface area contributed by atoms with Gasteiger partial charge in [0.15, 0.2) is 0 Å². The monoisotopic (exact) mass is 653 g/mol. The van der Waals surface area contributed by atoms with Gasteiger partial charge in [0, 0.05) is 0 Å². The minimum atomic E-state index is 0. The summed E-state index contributed by atoms with van der Waals surface area (Å²) in [5.41, 5.74) is 9.72. The summed E-state index contributed by atoms with van der Waals surface area (Å²) in [6, 6.07) is 7.11. The Morgan fingerprint density at radius 1 is 1.04 bits per heavy atom. The van der Waals surface area contributed by atoms with Gasteiger partial charge in [-0.05, 0) is 72.3 Å². The molecule has 0 N–H and O–H groups in total. The van der Waals surface area contributed by atoms with Crippen LogP contribution >= 0.6 is 0 Å². The molecule has 0 radical (unpaired) electrons. The van der Waals surface area contributed by atoms with Crippen LogP contribution in [0.25, 0.3) is 5.57 Å². The molecule has 1 aliphatic carbocycles. The van der Waals surface area contributed by atoms with E-state index in [0.29, 0.717) is 5.92 Å². The van der Waals surface area contributed by atoms with E-state index in [1.165, 1.54) is 52.7 Å². The molecule has 0 fully saturated rings. The van der Waals surface area contributed by atoms with E-state index in [1.54, 1.807) is 0 Å². The van der Waals surface area contributed by atoms with E-state index in [0.717, 1.165) is 75.2 Å². The molecule has 0 saturated carbocycles. The topological polar surface area (TPSA) is 0 Å². The largest absolute Gasteiger partial charge is 1.00 e. The van der Waals surface area contributed by atoms with E-state index < -0.39 is 0 Å². The Bertz CT molecular complexity index is 1060. The van der Waals surface area contributed by atoms with Crippen LogP contribution in [0.5, 0.6) is 0 Å². The van der Waals surface area contributed by atoms with Gasteiger partial charge in [-0.15, -0.1) is 0 Å². The minimum absolute atomic E-state index is 0. The molecule has 1 aliphatic rings. The molecule has 2 unspecified atom stereocenters. The van der Waals surface area contributed by atoms with Gasteiger partial charge in [0.25, 0.3) is 0 Å². The molecule has 0 amide bonds. The number of allylic oxidation sites excluding steroid dienone is 11. The first kappa shape index (κ1) is 49.7. The predicted molar refractivity (Wildman–Crippen MR) is 210 cm³/mol. The first-order valence-electron chi connectivity index (χ1n) is 17.7. The maximum atomic E-state index is 4.08. The fourth-order valence-electron chi connectivity index (χ4n) is 5.07. The Balaban J connectivity index is -0.00000113. The summed E-state index contributed by atoms with van der Waals surface area (Å²) in [5, 5.41) is 0.